The van der Waals surface area contributed by atoms with Gasteiger partial charge in [-0.1, -0.05) is 0 Å². The van der Waals surface area contributed by atoms with Gasteiger partial charge < -0.3 is 5.32 Å². The summed E-state index contributed by atoms with van der Waals surface area (Å²) in [4.78, 5) is 9.61. The smallest absolute Gasteiger partial charge is 0.292 e. The Morgan fingerprint density at radius 2 is 2.24 bits per heavy atom. The largest absolute Gasteiger partial charge is 0.319 e. The number of nitro groups is 1. The third-order valence-electron chi connectivity index (χ3n) is 3.48. The topological polar surface area (TPSA) is 92.6 Å². The van der Waals surface area contributed by atoms with Gasteiger partial charge in [0.15, 0.2) is 4.90 Å². The third kappa shape index (κ3) is 3.20. The van der Waals surface area contributed by atoms with E-state index in [2.05, 4.69) is 5.32 Å². The highest BCUT2D eigenvalue weighted by Gasteiger charge is 2.36. The van der Waals surface area contributed by atoms with Crippen LogP contribution in [0.2, 0.25) is 0 Å². The van der Waals surface area contributed by atoms with Crippen molar-refractivity contribution in [1.29, 1.82) is 0 Å². The van der Waals surface area contributed by atoms with Crippen LogP contribution in [0.5, 0.6) is 0 Å². The van der Waals surface area contributed by atoms with Crippen LogP contribution >= 0.6 is 0 Å². The first-order chi connectivity index (χ1) is 9.86. The molecule has 21 heavy (non-hydrogen) atoms. The molecule has 1 atom stereocenters. The van der Waals surface area contributed by atoms with Crippen molar-refractivity contribution in [1.82, 2.24) is 9.62 Å². The summed E-state index contributed by atoms with van der Waals surface area (Å²) < 4.78 is 39.3. The van der Waals surface area contributed by atoms with E-state index in [0.29, 0.717) is 32.1 Å². The van der Waals surface area contributed by atoms with Gasteiger partial charge in [-0.2, -0.15) is 4.31 Å². The van der Waals surface area contributed by atoms with Crippen molar-refractivity contribution in [3.05, 3.63) is 34.1 Å². The highest BCUT2D eigenvalue weighted by Crippen LogP contribution is 2.30. The molecule has 1 saturated heterocycles. The first-order valence-corrected chi connectivity index (χ1v) is 7.89. The quantitative estimate of drug-likeness (QED) is 0.645. The van der Waals surface area contributed by atoms with Gasteiger partial charge in [0.1, 0.15) is 5.82 Å². The van der Waals surface area contributed by atoms with Crippen LogP contribution in [0.15, 0.2) is 23.1 Å². The number of rotatable bonds is 5. The van der Waals surface area contributed by atoms with Gasteiger partial charge in [0.2, 0.25) is 10.0 Å². The van der Waals surface area contributed by atoms with E-state index in [1.807, 2.05) is 0 Å². The van der Waals surface area contributed by atoms with Gasteiger partial charge in [0.05, 0.1) is 11.0 Å². The zero-order valence-electron chi connectivity index (χ0n) is 11.5. The van der Waals surface area contributed by atoms with Crippen LogP contribution < -0.4 is 5.32 Å². The van der Waals surface area contributed by atoms with Crippen molar-refractivity contribution in [3.8, 4) is 0 Å². The fourth-order valence-corrected chi connectivity index (χ4v) is 4.13. The molecule has 116 valence electrons. The van der Waals surface area contributed by atoms with Crippen LogP contribution in [0, 0.1) is 21.8 Å². The maximum Gasteiger partial charge on any atom is 0.292 e. The number of sulfonamides is 1. The fraction of sp³-hybridized carbons (Fsp3) is 0.500. The molecule has 1 aliphatic rings. The van der Waals surface area contributed by atoms with Crippen LogP contribution in [-0.4, -0.2) is 44.3 Å². The number of nitrogens with zero attached hydrogens (tertiary/aromatic N) is 2. The molecule has 0 aromatic heterocycles. The van der Waals surface area contributed by atoms with Gasteiger partial charge in [0, 0.05) is 13.1 Å². The molecule has 1 aliphatic heterocycles. The van der Waals surface area contributed by atoms with Crippen LogP contribution in [0.25, 0.3) is 0 Å². The van der Waals surface area contributed by atoms with E-state index in [1.165, 1.54) is 4.31 Å². The first-order valence-electron chi connectivity index (χ1n) is 6.45. The monoisotopic (exact) mass is 317 g/mol. The Balaban J connectivity index is 2.35. The van der Waals surface area contributed by atoms with Crippen molar-refractivity contribution in [2.24, 2.45) is 5.92 Å². The molecule has 0 spiro atoms. The Morgan fingerprint density at radius 1 is 1.52 bits per heavy atom. The highest BCUT2D eigenvalue weighted by atomic mass is 32.2. The molecule has 1 aromatic rings. The lowest BCUT2D eigenvalue weighted by Crippen LogP contribution is -2.31. The molecule has 1 unspecified atom stereocenters. The number of halogens is 1. The van der Waals surface area contributed by atoms with Crippen molar-refractivity contribution >= 4 is 15.7 Å². The Kier molecular flexibility index (Phi) is 4.55. The van der Waals surface area contributed by atoms with E-state index in [0.717, 1.165) is 12.1 Å². The molecule has 7 nitrogen and oxygen atoms in total. The third-order valence-corrected chi connectivity index (χ3v) is 5.39. The summed E-state index contributed by atoms with van der Waals surface area (Å²) in [6.45, 7) is 1.29. The summed E-state index contributed by atoms with van der Waals surface area (Å²) in [6.07, 6.45) is 0.690. The molecule has 1 fully saturated rings. The minimum Gasteiger partial charge on any atom is -0.319 e. The van der Waals surface area contributed by atoms with Gasteiger partial charge in [-0.3, -0.25) is 10.1 Å². The predicted octanol–water partition coefficient (Wildman–Crippen LogP) is 0.964. The first kappa shape index (κ1) is 15.8. The van der Waals surface area contributed by atoms with Crippen molar-refractivity contribution in [3.63, 3.8) is 0 Å². The summed E-state index contributed by atoms with van der Waals surface area (Å²) in [5.74, 6) is -0.667. The number of nitrogens with one attached hydrogen (secondary N) is 1. The van der Waals surface area contributed by atoms with Gasteiger partial charge in [0.25, 0.3) is 5.69 Å². The molecule has 1 heterocycles. The second-order valence-corrected chi connectivity index (χ2v) is 6.85. The molecular formula is C12H16FN3O4S. The van der Waals surface area contributed by atoms with E-state index in [-0.39, 0.29) is 5.92 Å². The van der Waals surface area contributed by atoms with Crippen LogP contribution in [-0.2, 0) is 10.0 Å². The summed E-state index contributed by atoms with van der Waals surface area (Å²) in [5.41, 5.74) is -0.730. The van der Waals surface area contributed by atoms with E-state index < -0.39 is 31.3 Å². The number of nitro benzene ring substituents is 1. The molecule has 1 aromatic carbocycles. The van der Waals surface area contributed by atoms with Gasteiger partial charge >= 0.3 is 0 Å². The SMILES string of the molecule is CNCC1CCN(S(=O)(=O)c2ccc(F)cc2[N+](=O)[O-])C1. The van der Waals surface area contributed by atoms with Crippen molar-refractivity contribution in [2.75, 3.05) is 26.7 Å². The van der Waals surface area contributed by atoms with Gasteiger partial charge in [-0.15, -0.1) is 0 Å². The van der Waals surface area contributed by atoms with Crippen molar-refractivity contribution in [2.45, 2.75) is 11.3 Å². The average molecular weight is 317 g/mol. The number of benzene rings is 1. The maximum atomic E-state index is 13.1. The summed E-state index contributed by atoms with van der Waals surface area (Å²) >= 11 is 0. The lowest BCUT2D eigenvalue weighted by molar-refractivity contribution is -0.388. The lowest BCUT2D eigenvalue weighted by Gasteiger charge is -2.16. The second-order valence-electron chi connectivity index (χ2n) is 4.94. The molecule has 0 radical (unpaired) electrons. The molecule has 0 aliphatic carbocycles. The highest BCUT2D eigenvalue weighted by molar-refractivity contribution is 7.89. The number of hydrogen-bond acceptors (Lipinski definition) is 5. The van der Waals surface area contributed by atoms with Crippen LogP contribution in [0.1, 0.15) is 6.42 Å². The van der Waals surface area contributed by atoms with Gasteiger partial charge in [-0.25, -0.2) is 12.8 Å². The van der Waals surface area contributed by atoms with Crippen LogP contribution in [0.3, 0.4) is 0 Å². The molecule has 1 N–H and O–H groups in total. The zero-order chi connectivity index (χ0) is 15.6. The van der Waals surface area contributed by atoms with E-state index in [9.17, 15) is 22.9 Å². The standard InChI is InChI=1S/C12H16FN3O4S/c1-14-7-9-4-5-15(8-9)21(19,20)12-3-2-10(13)6-11(12)16(17)18/h2-3,6,9,14H,4-5,7-8H2,1H3. The minimum absolute atomic E-state index is 0.171. The van der Waals surface area contributed by atoms with Crippen molar-refractivity contribution < 1.29 is 17.7 Å². The predicted molar refractivity (Wildman–Crippen MR) is 73.8 cm³/mol. The van der Waals surface area contributed by atoms with E-state index in [4.69, 9.17) is 0 Å². The normalized spacial score (nSPS) is 19.8. The molecule has 0 bridgehead atoms. The Bertz CT molecular complexity index is 650. The molecule has 0 saturated carbocycles. The summed E-state index contributed by atoms with van der Waals surface area (Å²) in [7, 11) is -2.21. The summed E-state index contributed by atoms with van der Waals surface area (Å²) in [6, 6.07) is 2.50. The molecule has 0 amide bonds. The van der Waals surface area contributed by atoms with Crippen LogP contribution in [0.4, 0.5) is 10.1 Å². The Morgan fingerprint density at radius 3 is 2.86 bits per heavy atom. The second kappa shape index (κ2) is 6.04. The Hall–Kier alpha value is -1.58. The zero-order valence-corrected chi connectivity index (χ0v) is 12.3. The Labute approximate surface area is 122 Å². The fourth-order valence-electron chi connectivity index (χ4n) is 2.46. The van der Waals surface area contributed by atoms with E-state index >= 15 is 0 Å². The number of hydrogen-bond donors (Lipinski definition) is 1. The van der Waals surface area contributed by atoms with E-state index in [1.54, 1.807) is 7.05 Å². The maximum absolute atomic E-state index is 13.1. The summed E-state index contributed by atoms with van der Waals surface area (Å²) in [5, 5.41) is 13.9. The average Bonchev–Trinajstić information content (AvgIpc) is 2.88. The molecule has 2 rings (SSSR count). The molecular weight excluding hydrogens is 301 g/mol. The lowest BCUT2D eigenvalue weighted by atomic mass is 10.1. The molecule has 9 heteroatoms. The van der Waals surface area contributed by atoms with Gasteiger partial charge in [-0.05, 0) is 38.1 Å². The minimum atomic E-state index is -3.99.